The Labute approximate surface area is 172 Å². The summed E-state index contributed by atoms with van der Waals surface area (Å²) in [5, 5.41) is 3.00. The number of rotatable bonds is 5. The molecule has 1 fully saturated rings. The molecule has 2 aromatic rings. The summed E-state index contributed by atoms with van der Waals surface area (Å²) in [6.07, 6.45) is 0. The monoisotopic (exact) mass is 395 g/mol. The smallest absolute Gasteiger partial charge is 0.337 e. The fourth-order valence-electron chi connectivity index (χ4n) is 3.42. The van der Waals surface area contributed by atoms with Gasteiger partial charge in [0.15, 0.2) is 0 Å². The van der Waals surface area contributed by atoms with Crippen LogP contribution >= 0.6 is 0 Å². The number of ether oxygens (including phenoxy) is 1. The normalized spacial score (nSPS) is 14.7. The van der Waals surface area contributed by atoms with Crippen LogP contribution in [-0.2, 0) is 4.74 Å². The number of hydrogen-bond donors (Lipinski definition) is 1. The van der Waals surface area contributed by atoms with E-state index in [1.54, 1.807) is 12.1 Å². The third-order valence-corrected chi connectivity index (χ3v) is 5.35. The number of benzene rings is 2. The van der Waals surface area contributed by atoms with Crippen LogP contribution in [0.25, 0.3) is 0 Å². The highest BCUT2D eigenvalue weighted by Crippen LogP contribution is 2.29. The Morgan fingerprint density at radius 1 is 0.966 bits per heavy atom. The quantitative estimate of drug-likeness (QED) is 0.784. The molecule has 0 bridgehead atoms. The average Bonchev–Trinajstić information content (AvgIpc) is 2.74. The predicted octanol–water partition coefficient (Wildman–Crippen LogP) is 3.60. The molecule has 0 unspecified atom stereocenters. The summed E-state index contributed by atoms with van der Waals surface area (Å²) in [6, 6.07) is 13.0. The molecule has 1 saturated heterocycles. The van der Waals surface area contributed by atoms with E-state index in [4.69, 9.17) is 4.74 Å². The molecule has 6 heteroatoms. The molecule has 0 saturated carbocycles. The zero-order valence-corrected chi connectivity index (χ0v) is 17.6. The molecule has 1 N–H and O–H groups in total. The van der Waals surface area contributed by atoms with Gasteiger partial charge >= 0.3 is 5.97 Å². The number of nitrogens with zero attached hydrogens (tertiary/aromatic N) is 2. The van der Waals surface area contributed by atoms with Gasteiger partial charge in [-0.15, -0.1) is 0 Å². The molecule has 0 radical (unpaired) electrons. The van der Waals surface area contributed by atoms with E-state index in [9.17, 15) is 9.59 Å². The van der Waals surface area contributed by atoms with Crippen LogP contribution in [0.2, 0.25) is 0 Å². The lowest BCUT2D eigenvalue weighted by atomic mass is 10.0. The van der Waals surface area contributed by atoms with Crippen LogP contribution in [0.4, 0.5) is 11.4 Å². The Kier molecular flexibility index (Phi) is 6.54. The maximum atomic E-state index is 12.9. The van der Waals surface area contributed by atoms with Crippen molar-refractivity contribution in [3.8, 4) is 0 Å². The van der Waals surface area contributed by atoms with Gasteiger partial charge in [0.05, 0.1) is 24.0 Å². The molecule has 0 aromatic heterocycles. The highest BCUT2D eigenvalue weighted by molar-refractivity contribution is 6.06. The van der Waals surface area contributed by atoms with Gasteiger partial charge in [0.2, 0.25) is 0 Å². The highest BCUT2D eigenvalue weighted by atomic mass is 16.5. The Bertz CT molecular complexity index is 869. The van der Waals surface area contributed by atoms with Crippen LogP contribution in [0, 0.1) is 0 Å². The molecule has 0 atom stereocenters. The van der Waals surface area contributed by atoms with Crippen molar-refractivity contribution in [1.29, 1.82) is 0 Å². The van der Waals surface area contributed by atoms with E-state index in [0.717, 1.165) is 31.9 Å². The van der Waals surface area contributed by atoms with Crippen LogP contribution < -0.4 is 10.2 Å². The second-order valence-electron chi connectivity index (χ2n) is 7.74. The first-order chi connectivity index (χ1) is 13.9. The van der Waals surface area contributed by atoms with Crippen LogP contribution in [-0.4, -0.2) is 57.1 Å². The summed E-state index contributed by atoms with van der Waals surface area (Å²) in [4.78, 5) is 29.4. The van der Waals surface area contributed by atoms with E-state index in [1.807, 2.05) is 30.3 Å². The Morgan fingerprint density at radius 3 is 2.17 bits per heavy atom. The lowest BCUT2D eigenvalue weighted by Gasteiger charge is -2.35. The molecule has 1 heterocycles. The molecule has 0 aliphatic carbocycles. The number of nitrogens with one attached hydrogen (secondary N) is 1. The minimum atomic E-state index is -0.424. The molecule has 1 aliphatic heterocycles. The van der Waals surface area contributed by atoms with Crippen LogP contribution in [0.1, 0.15) is 46.0 Å². The Balaban J connectivity index is 1.88. The molecule has 3 rings (SSSR count). The van der Waals surface area contributed by atoms with Crippen molar-refractivity contribution in [1.82, 2.24) is 4.90 Å². The fourth-order valence-corrected chi connectivity index (χ4v) is 3.42. The van der Waals surface area contributed by atoms with Crippen molar-refractivity contribution in [2.24, 2.45) is 0 Å². The number of amides is 1. The first-order valence-corrected chi connectivity index (χ1v) is 9.96. The van der Waals surface area contributed by atoms with Gasteiger partial charge in [0.25, 0.3) is 5.91 Å². The molecule has 1 amide bonds. The number of hydrogen-bond acceptors (Lipinski definition) is 5. The van der Waals surface area contributed by atoms with Crippen LogP contribution in [0.3, 0.4) is 0 Å². The highest BCUT2D eigenvalue weighted by Gasteiger charge is 2.20. The van der Waals surface area contributed by atoms with Crippen molar-refractivity contribution in [2.75, 3.05) is 50.6 Å². The maximum Gasteiger partial charge on any atom is 0.337 e. The van der Waals surface area contributed by atoms with E-state index in [0.29, 0.717) is 22.7 Å². The number of piperazine rings is 1. The molecule has 2 aromatic carbocycles. The van der Waals surface area contributed by atoms with Crippen molar-refractivity contribution in [2.45, 2.75) is 19.8 Å². The number of anilines is 2. The van der Waals surface area contributed by atoms with Gasteiger partial charge in [-0.2, -0.15) is 0 Å². The SMILES string of the molecule is COC(=O)c1ccc(N2CCN(C)CC2)c(NC(=O)c2ccc(C(C)C)cc2)c1. The predicted molar refractivity (Wildman–Crippen MR) is 116 cm³/mol. The summed E-state index contributed by atoms with van der Waals surface area (Å²) < 4.78 is 4.84. The van der Waals surface area contributed by atoms with Gasteiger partial charge in [-0.25, -0.2) is 4.79 Å². The molecular formula is C23H29N3O3. The molecule has 0 spiro atoms. The lowest BCUT2D eigenvalue weighted by molar-refractivity contribution is 0.0600. The zero-order valence-electron chi connectivity index (χ0n) is 17.6. The van der Waals surface area contributed by atoms with Gasteiger partial charge in [-0.3, -0.25) is 4.79 Å². The lowest BCUT2D eigenvalue weighted by Crippen LogP contribution is -2.44. The maximum absolute atomic E-state index is 12.9. The third-order valence-electron chi connectivity index (χ3n) is 5.35. The first kappa shape index (κ1) is 20.9. The van der Waals surface area contributed by atoms with E-state index < -0.39 is 5.97 Å². The van der Waals surface area contributed by atoms with Crippen LogP contribution in [0.15, 0.2) is 42.5 Å². The summed E-state index contributed by atoms with van der Waals surface area (Å²) >= 11 is 0. The van der Waals surface area contributed by atoms with Crippen molar-refractivity contribution < 1.29 is 14.3 Å². The van der Waals surface area contributed by atoms with E-state index in [-0.39, 0.29) is 5.91 Å². The van der Waals surface area contributed by atoms with Gasteiger partial charge in [0, 0.05) is 31.7 Å². The van der Waals surface area contributed by atoms with E-state index in [1.165, 1.54) is 12.7 Å². The summed E-state index contributed by atoms with van der Waals surface area (Å²) in [5.41, 5.74) is 3.72. The standard InChI is InChI=1S/C23H29N3O3/c1-16(2)17-5-7-18(8-6-17)22(27)24-20-15-19(23(28)29-4)9-10-21(20)26-13-11-25(3)12-14-26/h5-10,15-16H,11-14H2,1-4H3,(H,24,27). The number of likely N-dealkylation sites (N-methyl/N-ethyl adjacent to an activating group) is 1. The van der Waals surface area contributed by atoms with Gasteiger partial charge in [-0.05, 0) is 48.9 Å². The van der Waals surface area contributed by atoms with E-state index in [2.05, 4.69) is 36.0 Å². The first-order valence-electron chi connectivity index (χ1n) is 9.96. The van der Waals surface area contributed by atoms with Crippen LogP contribution in [0.5, 0.6) is 0 Å². The minimum Gasteiger partial charge on any atom is -0.465 e. The molecule has 29 heavy (non-hydrogen) atoms. The third kappa shape index (κ3) is 4.95. The summed E-state index contributed by atoms with van der Waals surface area (Å²) in [5.74, 6) is -0.211. The topological polar surface area (TPSA) is 61.9 Å². The largest absolute Gasteiger partial charge is 0.465 e. The van der Waals surface area contributed by atoms with Gasteiger partial charge < -0.3 is 19.9 Å². The molecule has 154 valence electrons. The van der Waals surface area contributed by atoms with Crippen molar-refractivity contribution in [3.05, 3.63) is 59.2 Å². The second kappa shape index (κ2) is 9.09. The minimum absolute atomic E-state index is 0.197. The molecule has 6 nitrogen and oxygen atoms in total. The zero-order chi connectivity index (χ0) is 21.0. The summed E-state index contributed by atoms with van der Waals surface area (Å²) in [6.45, 7) is 7.86. The average molecular weight is 396 g/mol. The Morgan fingerprint density at radius 2 is 1.59 bits per heavy atom. The summed E-state index contributed by atoms with van der Waals surface area (Å²) in [7, 11) is 3.45. The number of carbonyl (C=O) groups excluding carboxylic acids is 2. The molecule has 1 aliphatic rings. The molecular weight excluding hydrogens is 366 g/mol. The van der Waals surface area contributed by atoms with Gasteiger partial charge in [-0.1, -0.05) is 26.0 Å². The van der Waals surface area contributed by atoms with Gasteiger partial charge in [0.1, 0.15) is 0 Å². The van der Waals surface area contributed by atoms with E-state index >= 15 is 0 Å². The van der Waals surface area contributed by atoms with Crippen molar-refractivity contribution in [3.63, 3.8) is 0 Å². The second-order valence-corrected chi connectivity index (χ2v) is 7.74. The number of carbonyl (C=O) groups is 2. The van der Waals surface area contributed by atoms with Crippen molar-refractivity contribution >= 4 is 23.3 Å². The fraction of sp³-hybridized carbons (Fsp3) is 0.391. The number of methoxy groups -OCH3 is 1. The number of esters is 1. The Hall–Kier alpha value is -2.86.